The average Bonchev–Trinajstić information content (AvgIpc) is 2.77. The normalized spacial score (nSPS) is 15.8. The minimum atomic E-state index is 0.401. The second-order valence-corrected chi connectivity index (χ2v) is 5.16. The largest absolute Gasteiger partial charge is 0.495 e. The first-order chi connectivity index (χ1) is 8.19. The van der Waals surface area contributed by atoms with Crippen molar-refractivity contribution in [3.05, 3.63) is 27.8 Å². The molecule has 94 valence electrons. The predicted octanol–water partition coefficient (Wildman–Crippen LogP) is 3.29. The molecule has 1 aromatic rings. The highest BCUT2D eigenvalue weighted by atomic mass is 35.5. The number of aryl methyl sites for hydroxylation is 1. The molecule has 0 spiro atoms. The molecule has 0 heterocycles. The van der Waals surface area contributed by atoms with Gasteiger partial charge in [-0.2, -0.15) is 0 Å². The zero-order chi connectivity index (χ0) is 12.4. The van der Waals surface area contributed by atoms with Crippen LogP contribution in [0.1, 0.15) is 42.4 Å². The Balaban J connectivity index is 2.47. The third-order valence-corrected chi connectivity index (χ3v) is 4.05. The molecule has 0 aliphatic heterocycles. The lowest BCUT2D eigenvalue weighted by Crippen LogP contribution is -2.07. The molecular formula is C14H20ClNO. The molecule has 1 aliphatic rings. The van der Waals surface area contributed by atoms with Crippen molar-refractivity contribution in [2.75, 3.05) is 13.7 Å². The van der Waals surface area contributed by atoms with Gasteiger partial charge in [0.1, 0.15) is 5.75 Å². The van der Waals surface area contributed by atoms with E-state index in [0.29, 0.717) is 12.5 Å². The first-order valence-corrected chi connectivity index (χ1v) is 6.65. The van der Waals surface area contributed by atoms with Crippen molar-refractivity contribution in [1.29, 1.82) is 0 Å². The summed E-state index contributed by atoms with van der Waals surface area (Å²) in [7, 11) is 1.70. The number of fused-ring (bicyclic) bond motifs is 1. The summed E-state index contributed by atoms with van der Waals surface area (Å²) in [6.45, 7) is 2.88. The minimum Gasteiger partial charge on any atom is -0.495 e. The van der Waals surface area contributed by atoms with Crippen LogP contribution in [0.15, 0.2) is 6.07 Å². The van der Waals surface area contributed by atoms with Crippen LogP contribution in [0.2, 0.25) is 5.02 Å². The van der Waals surface area contributed by atoms with Crippen LogP contribution in [0.4, 0.5) is 0 Å². The zero-order valence-corrected chi connectivity index (χ0v) is 11.3. The van der Waals surface area contributed by atoms with Crippen molar-refractivity contribution in [3.63, 3.8) is 0 Å². The standard InChI is InChI=1S/C14H20ClNO/c1-9(6-7-16)12-8-10-4-3-5-11(10)13(15)14(12)17-2/h8-9H,3-7,16H2,1-2H3. The molecule has 1 aromatic carbocycles. The van der Waals surface area contributed by atoms with Gasteiger partial charge >= 0.3 is 0 Å². The third kappa shape index (κ3) is 2.29. The number of methoxy groups -OCH3 is 1. The van der Waals surface area contributed by atoms with Crippen LogP contribution in [0.5, 0.6) is 5.75 Å². The summed E-state index contributed by atoms with van der Waals surface area (Å²) in [5.41, 5.74) is 9.53. The SMILES string of the molecule is COc1c(C(C)CCN)cc2c(c1Cl)CCC2. The van der Waals surface area contributed by atoms with E-state index < -0.39 is 0 Å². The van der Waals surface area contributed by atoms with Crippen LogP contribution in [0, 0.1) is 0 Å². The Labute approximate surface area is 108 Å². The highest BCUT2D eigenvalue weighted by Gasteiger charge is 2.23. The molecule has 0 radical (unpaired) electrons. The van der Waals surface area contributed by atoms with E-state index in [1.54, 1.807) is 7.11 Å². The number of benzene rings is 1. The number of nitrogens with two attached hydrogens (primary N) is 1. The fourth-order valence-electron chi connectivity index (χ4n) is 2.67. The van der Waals surface area contributed by atoms with E-state index in [0.717, 1.165) is 30.0 Å². The average molecular weight is 254 g/mol. The van der Waals surface area contributed by atoms with Crippen LogP contribution < -0.4 is 10.5 Å². The number of halogens is 1. The molecule has 0 amide bonds. The summed E-state index contributed by atoms with van der Waals surface area (Å²) < 4.78 is 5.50. The molecule has 1 aliphatic carbocycles. The minimum absolute atomic E-state index is 0.401. The molecule has 1 unspecified atom stereocenters. The zero-order valence-electron chi connectivity index (χ0n) is 10.6. The molecule has 3 heteroatoms. The van der Waals surface area contributed by atoms with Gasteiger partial charge in [-0.1, -0.05) is 24.6 Å². The highest BCUT2D eigenvalue weighted by molar-refractivity contribution is 6.33. The van der Waals surface area contributed by atoms with Gasteiger partial charge in [0.2, 0.25) is 0 Å². The Morgan fingerprint density at radius 1 is 1.47 bits per heavy atom. The summed E-state index contributed by atoms with van der Waals surface area (Å²) in [6, 6.07) is 2.27. The first kappa shape index (κ1) is 12.7. The van der Waals surface area contributed by atoms with Crippen LogP contribution in [0.25, 0.3) is 0 Å². The van der Waals surface area contributed by atoms with Gasteiger partial charge in [-0.05, 0) is 54.8 Å². The highest BCUT2D eigenvalue weighted by Crippen LogP contribution is 2.42. The summed E-state index contributed by atoms with van der Waals surface area (Å²) in [6.07, 6.45) is 4.38. The second kappa shape index (κ2) is 5.28. The summed E-state index contributed by atoms with van der Waals surface area (Å²) in [4.78, 5) is 0. The van der Waals surface area contributed by atoms with Crippen molar-refractivity contribution >= 4 is 11.6 Å². The van der Waals surface area contributed by atoms with E-state index in [9.17, 15) is 0 Å². The van der Waals surface area contributed by atoms with Crippen LogP contribution in [0.3, 0.4) is 0 Å². The first-order valence-electron chi connectivity index (χ1n) is 6.27. The lowest BCUT2D eigenvalue weighted by molar-refractivity contribution is 0.405. The van der Waals surface area contributed by atoms with E-state index in [4.69, 9.17) is 22.1 Å². The van der Waals surface area contributed by atoms with Gasteiger partial charge in [0, 0.05) is 0 Å². The van der Waals surface area contributed by atoms with Gasteiger partial charge in [-0.15, -0.1) is 0 Å². The topological polar surface area (TPSA) is 35.2 Å². The van der Waals surface area contributed by atoms with Crippen LogP contribution in [-0.4, -0.2) is 13.7 Å². The number of hydrogen-bond acceptors (Lipinski definition) is 2. The van der Waals surface area contributed by atoms with E-state index >= 15 is 0 Å². The van der Waals surface area contributed by atoms with Gasteiger partial charge in [0.15, 0.2) is 0 Å². The molecule has 0 saturated heterocycles. The third-order valence-electron chi connectivity index (χ3n) is 3.65. The Hall–Kier alpha value is -0.730. The quantitative estimate of drug-likeness (QED) is 0.894. The van der Waals surface area contributed by atoms with E-state index in [-0.39, 0.29) is 0 Å². The maximum absolute atomic E-state index is 6.45. The lowest BCUT2D eigenvalue weighted by Gasteiger charge is -2.19. The maximum Gasteiger partial charge on any atom is 0.141 e. The second-order valence-electron chi connectivity index (χ2n) is 4.78. The molecule has 2 nitrogen and oxygen atoms in total. The molecule has 0 bridgehead atoms. The van der Waals surface area contributed by atoms with E-state index in [1.165, 1.54) is 23.1 Å². The molecule has 2 N–H and O–H groups in total. The van der Waals surface area contributed by atoms with Crippen molar-refractivity contribution in [2.24, 2.45) is 5.73 Å². The van der Waals surface area contributed by atoms with Crippen molar-refractivity contribution in [3.8, 4) is 5.75 Å². The molecule has 0 saturated carbocycles. The molecule has 0 aromatic heterocycles. The monoisotopic (exact) mass is 253 g/mol. The maximum atomic E-state index is 6.45. The fourth-order valence-corrected chi connectivity index (χ4v) is 3.08. The number of hydrogen-bond donors (Lipinski definition) is 1. The molecule has 17 heavy (non-hydrogen) atoms. The molecular weight excluding hydrogens is 234 g/mol. The van der Waals surface area contributed by atoms with E-state index in [1.807, 2.05) is 0 Å². The van der Waals surface area contributed by atoms with Crippen LogP contribution >= 0.6 is 11.6 Å². The number of rotatable bonds is 4. The predicted molar refractivity (Wildman–Crippen MR) is 72.1 cm³/mol. The van der Waals surface area contributed by atoms with Gasteiger partial charge in [0.05, 0.1) is 12.1 Å². The molecule has 0 fully saturated rings. The lowest BCUT2D eigenvalue weighted by atomic mass is 9.93. The van der Waals surface area contributed by atoms with Gasteiger partial charge in [-0.25, -0.2) is 0 Å². The summed E-state index contributed by atoms with van der Waals surface area (Å²) in [5, 5.41) is 0.821. The van der Waals surface area contributed by atoms with Gasteiger partial charge in [0.25, 0.3) is 0 Å². The van der Waals surface area contributed by atoms with Crippen molar-refractivity contribution in [2.45, 2.75) is 38.5 Å². The molecule has 2 rings (SSSR count). The summed E-state index contributed by atoms with van der Waals surface area (Å²) in [5.74, 6) is 1.26. The summed E-state index contributed by atoms with van der Waals surface area (Å²) >= 11 is 6.45. The van der Waals surface area contributed by atoms with Crippen LogP contribution in [-0.2, 0) is 12.8 Å². The van der Waals surface area contributed by atoms with Gasteiger partial charge < -0.3 is 10.5 Å². The van der Waals surface area contributed by atoms with Crippen molar-refractivity contribution in [1.82, 2.24) is 0 Å². The van der Waals surface area contributed by atoms with Crippen molar-refractivity contribution < 1.29 is 4.74 Å². The Morgan fingerprint density at radius 2 is 2.24 bits per heavy atom. The van der Waals surface area contributed by atoms with E-state index in [2.05, 4.69) is 13.0 Å². The fraction of sp³-hybridized carbons (Fsp3) is 0.571. The van der Waals surface area contributed by atoms with Gasteiger partial charge in [-0.3, -0.25) is 0 Å². The smallest absolute Gasteiger partial charge is 0.141 e. The number of ether oxygens (including phenoxy) is 1. The Bertz CT molecular complexity index is 417. The Kier molecular flexibility index (Phi) is 3.95. The Morgan fingerprint density at radius 3 is 2.88 bits per heavy atom. The molecule has 1 atom stereocenters.